The lowest BCUT2D eigenvalue weighted by Gasteiger charge is -2.17. The fourth-order valence-electron chi connectivity index (χ4n) is 2.45. The minimum Gasteiger partial charge on any atom is -0.350 e. The summed E-state index contributed by atoms with van der Waals surface area (Å²) in [4.78, 5) is 16.7. The number of nitrogens with one attached hydrogen (secondary N) is 1. The van der Waals surface area contributed by atoms with Crippen LogP contribution in [0.3, 0.4) is 0 Å². The van der Waals surface area contributed by atoms with Gasteiger partial charge in [-0.25, -0.2) is 4.98 Å². The first-order chi connectivity index (χ1) is 10.4. The molecule has 0 aliphatic rings. The molecule has 1 N–H and O–H groups in total. The Bertz CT molecular complexity index is 641. The molecule has 0 saturated carbocycles. The number of aryl methyl sites for hydroxylation is 2. The van der Waals surface area contributed by atoms with E-state index >= 15 is 0 Å². The Labute approximate surface area is 131 Å². The normalized spacial score (nSPS) is 12.6. The van der Waals surface area contributed by atoms with Gasteiger partial charge in [0, 0.05) is 43.2 Å². The molecule has 1 amide bonds. The largest absolute Gasteiger partial charge is 0.350 e. The van der Waals surface area contributed by atoms with Crippen LogP contribution in [0.1, 0.15) is 56.7 Å². The highest BCUT2D eigenvalue weighted by Gasteiger charge is 2.19. The second kappa shape index (κ2) is 6.77. The molecular weight excluding hydrogens is 278 g/mol. The van der Waals surface area contributed by atoms with E-state index in [1.54, 1.807) is 6.20 Å². The van der Waals surface area contributed by atoms with E-state index < -0.39 is 0 Å². The van der Waals surface area contributed by atoms with Crippen LogP contribution in [0.15, 0.2) is 18.6 Å². The van der Waals surface area contributed by atoms with Crippen LogP contribution in [0.5, 0.6) is 0 Å². The smallest absolute Gasteiger partial charge is 0.243 e. The van der Waals surface area contributed by atoms with Crippen molar-refractivity contribution < 1.29 is 4.79 Å². The average molecular weight is 303 g/mol. The summed E-state index contributed by atoms with van der Waals surface area (Å²) in [5.41, 5.74) is 2.01. The van der Waals surface area contributed by atoms with Crippen LogP contribution in [0.25, 0.3) is 0 Å². The molecule has 120 valence electrons. The second-order valence-electron chi connectivity index (χ2n) is 5.84. The molecule has 0 spiro atoms. The molecule has 2 aromatic heterocycles. The highest BCUT2D eigenvalue weighted by atomic mass is 16.2. The SMILES string of the molecule is CCn1cc(CNC(=O)C(C)n2ccnc2C(C)C)c(C)n1. The van der Waals surface area contributed by atoms with Crippen LogP contribution < -0.4 is 5.32 Å². The van der Waals surface area contributed by atoms with Gasteiger partial charge in [0.1, 0.15) is 11.9 Å². The number of imidazole rings is 1. The first-order valence-corrected chi connectivity index (χ1v) is 7.77. The summed E-state index contributed by atoms with van der Waals surface area (Å²) in [5.74, 6) is 1.21. The minimum absolute atomic E-state index is 0.0106. The minimum atomic E-state index is -0.276. The van der Waals surface area contributed by atoms with E-state index in [1.807, 2.05) is 42.4 Å². The summed E-state index contributed by atoms with van der Waals surface area (Å²) in [6.45, 7) is 11.4. The van der Waals surface area contributed by atoms with E-state index in [-0.39, 0.29) is 17.9 Å². The molecule has 2 heterocycles. The molecule has 2 aromatic rings. The van der Waals surface area contributed by atoms with Gasteiger partial charge >= 0.3 is 0 Å². The molecule has 0 aliphatic carbocycles. The summed E-state index contributed by atoms with van der Waals surface area (Å²) in [6.07, 6.45) is 5.59. The predicted molar refractivity (Wildman–Crippen MR) is 85.5 cm³/mol. The Morgan fingerprint density at radius 1 is 1.36 bits per heavy atom. The van der Waals surface area contributed by atoms with Crippen LogP contribution in [0, 0.1) is 6.92 Å². The zero-order chi connectivity index (χ0) is 16.3. The quantitative estimate of drug-likeness (QED) is 0.891. The molecule has 22 heavy (non-hydrogen) atoms. The van der Waals surface area contributed by atoms with Crippen molar-refractivity contribution in [2.75, 3.05) is 0 Å². The van der Waals surface area contributed by atoms with Gasteiger partial charge in [-0.15, -0.1) is 0 Å². The summed E-state index contributed by atoms with van der Waals surface area (Å²) >= 11 is 0. The second-order valence-corrected chi connectivity index (χ2v) is 5.84. The highest BCUT2D eigenvalue weighted by Crippen LogP contribution is 2.17. The summed E-state index contributed by atoms with van der Waals surface area (Å²) in [5, 5.41) is 7.38. The van der Waals surface area contributed by atoms with Crippen LogP contribution >= 0.6 is 0 Å². The van der Waals surface area contributed by atoms with Crippen molar-refractivity contribution in [1.82, 2.24) is 24.6 Å². The molecular formula is C16H25N5O. The maximum atomic E-state index is 12.4. The van der Waals surface area contributed by atoms with E-state index in [4.69, 9.17) is 0 Å². The Balaban J connectivity index is 2.02. The van der Waals surface area contributed by atoms with Crippen LogP contribution in [0.4, 0.5) is 0 Å². The average Bonchev–Trinajstić information content (AvgIpc) is 3.10. The number of nitrogens with zero attached hydrogens (tertiary/aromatic N) is 4. The summed E-state index contributed by atoms with van der Waals surface area (Å²) in [7, 11) is 0. The lowest BCUT2D eigenvalue weighted by Crippen LogP contribution is -2.31. The van der Waals surface area contributed by atoms with Crippen molar-refractivity contribution >= 4 is 5.91 Å². The zero-order valence-electron chi connectivity index (χ0n) is 14.0. The Morgan fingerprint density at radius 2 is 2.09 bits per heavy atom. The number of rotatable bonds is 6. The Kier molecular flexibility index (Phi) is 5.00. The van der Waals surface area contributed by atoms with Crippen molar-refractivity contribution in [3.05, 3.63) is 35.7 Å². The van der Waals surface area contributed by atoms with Gasteiger partial charge in [0.25, 0.3) is 0 Å². The van der Waals surface area contributed by atoms with Gasteiger partial charge in [0.05, 0.1) is 5.69 Å². The van der Waals surface area contributed by atoms with E-state index in [0.29, 0.717) is 6.54 Å². The molecule has 0 fully saturated rings. The van der Waals surface area contributed by atoms with E-state index in [9.17, 15) is 4.79 Å². The van der Waals surface area contributed by atoms with Crippen LogP contribution in [0.2, 0.25) is 0 Å². The third kappa shape index (κ3) is 3.37. The van der Waals surface area contributed by atoms with Crippen molar-refractivity contribution in [2.24, 2.45) is 0 Å². The van der Waals surface area contributed by atoms with Gasteiger partial charge < -0.3 is 9.88 Å². The standard InChI is InChI=1S/C16H25N5O/c1-6-20-10-14(12(4)19-20)9-18-16(22)13(5)21-8-7-17-15(21)11(2)3/h7-8,10-11,13H,6,9H2,1-5H3,(H,18,22). The molecule has 0 bridgehead atoms. The first-order valence-electron chi connectivity index (χ1n) is 7.77. The molecule has 1 unspecified atom stereocenters. The van der Waals surface area contributed by atoms with E-state index in [0.717, 1.165) is 23.6 Å². The molecule has 2 rings (SSSR count). The molecule has 0 aromatic carbocycles. The molecule has 6 nitrogen and oxygen atoms in total. The maximum Gasteiger partial charge on any atom is 0.243 e. The first kappa shape index (κ1) is 16.3. The van der Waals surface area contributed by atoms with Crippen molar-refractivity contribution in [3.8, 4) is 0 Å². The van der Waals surface area contributed by atoms with Crippen LogP contribution in [-0.2, 0) is 17.9 Å². The lowest BCUT2D eigenvalue weighted by atomic mass is 10.2. The van der Waals surface area contributed by atoms with E-state index in [1.165, 1.54) is 0 Å². The van der Waals surface area contributed by atoms with Crippen LogP contribution in [-0.4, -0.2) is 25.2 Å². The molecule has 0 radical (unpaired) electrons. The predicted octanol–water partition coefficient (Wildman–Crippen LogP) is 2.41. The number of carbonyl (C=O) groups excluding carboxylic acids is 1. The van der Waals surface area contributed by atoms with Gasteiger partial charge in [0.2, 0.25) is 5.91 Å². The van der Waals surface area contributed by atoms with E-state index in [2.05, 4.69) is 29.2 Å². The third-order valence-electron chi connectivity index (χ3n) is 3.84. The van der Waals surface area contributed by atoms with Gasteiger partial charge in [-0.05, 0) is 20.8 Å². The topological polar surface area (TPSA) is 64.7 Å². The number of aromatic nitrogens is 4. The Morgan fingerprint density at radius 3 is 2.68 bits per heavy atom. The maximum absolute atomic E-state index is 12.4. The number of amides is 1. The van der Waals surface area contributed by atoms with Gasteiger partial charge in [-0.1, -0.05) is 13.8 Å². The summed E-state index contributed by atoms with van der Waals surface area (Å²) in [6, 6.07) is -0.276. The number of hydrogen-bond donors (Lipinski definition) is 1. The monoisotopic (exact) mass is 303 g/mol. The molecule has 0 saturated heterocycles. The highest BCUT2D eigenvalue weighted by molar-refractivity contribution is 5.80. The molecule has 1 atom stereocenters. The molecule has 6 heteroatoms. The summed E-state index contributed by atoms with van der Waals surface area (Å²) < 4.78 is 3.81. The molecule has 0 aliphatic heterocycles. The van der Waals surface area contributed by atoms with Gasteiger partial charge in [0.15, 0.2) is 0 Å². The zero-order valence-corrected chi connectivity index (χ0v) is 14.0. The lowest BCUT2D eigenvalue weighted by molar-refractivity contribution is -0.124. The van der Waals surface area contributed by atoms with Gasteiger partial charge in [-0.3, -0.25) is 9.48 Å². The van der Waals surface area contributed by atoms with Crippen molar-refractivity contribution in [2.45, 2.75) is 59.7 Å². The number of hydrogen-bond acceptors (Lipinski definition) is 3. The van der Waals surface area contributed by atoms with Crippen molar-refractivity contribution in [3.63, 3.8) is 0 Å². The van der Waals surface area contributed by atoms with Crippen molar-refractivity contribution in [1.29, 1.82) is 0 Å². The Hall–Kier alpha value is -2.11. The number of carbonyl (C=O) groups is 1. The third-order valence-corrected chi connectivity index (χ3v) is 3.84. The van der Waals surface area contributed by atoms with Gasteiger partial charge in [-0.2, -0.15) is 5.10 Å². The fourth-order valence-corrected chi connectivity index (χ4v) is 2.45. The fraction of sp³-hybridized carbons (Fsp3) is 0.562.